The molecule has 2 heterocycles. The molecule has 1 aromatic heterocycles. The largest absolute Gasteiger partial charge is 0.441 e. The summed E-state index contributed by atoms with van der Waals surface area (Å²) in [5.41, 5.74) is 2.15. The van der Waals surface area contributed by atoms with Crippen molar-refractivity contribution in [3.8, 4) is 0 Å². The lowest BCUT2D eigenvalue weighted by molar-refractivity contribution is -0.0705. The van der Waals surface area contributed by atoms with Crippen molar-refractivity contribution in [3.63, 3.8) is 0 Å². The summed E-state index contributed by atoms with van der Waals surface area (Å²) in [5.74, 6) is 0.696. The molecule has 0 unspecified atom stereocenters. The van der Waals surface area contributed by atoms with E-state index in [1.807, 2.05) is 24.0 Å². The molecule has 1 saturated carbocycles. The van der Waals surface area contributed by atoms with Gasteiger partial charge in [-0.15, -0.1) is 0 Å². The lowest BCUT2D eigenvalue weighted by Gasteiger charge is -2.36. The van der Waals surface area contributed by atoms with E-state index in [-0.39, 0.29) is 5.91 Å². The zero-order chi connectivity index (χ0) is 15.8. The molecule has 1 saturated heterocycles. The van der Waals surface area contributed by atoms with Gasteiger partial charge in [0.25, 0.3) is 5.91 Å². The maximum Gasteiger partial charge on any atom is 0.253 e. The van der Waals surface area contributed by atoms with Gasteiger partial charge in [-0.25, -0.2) is 4.98 Å². The fourth-order valence-corrected chi connectivity index (χ4v) is 3.33. The Morgan fingerprint density at radius 1 is 1.22 bits per heavy atom. The zero-order valence-corrected chi connectivity index (χ0v) is 13.5. The number of aromatic nitrogens is 1. The first-order chi connectivity index (χ1) is 11.2. The number of rotatable bonds is 3. The summed E-state index contributed by atoms with van der Waals surface area (Å²) in [4.78, 5) is 18.9. The monoisotopic (exact) mass is 314 g/mol. The van der Waals surface area contributed by atoms with Crippen LogP contribution >= 0.6 is 0 Å². The summed E-state index contributed by atoms with van der Waals surface area (Å²) in [6, 6.07) is 5.49. The molecule has 1 amide bonds. The molecule has 1 aliphatic carbocycles. The first-order valence-electron chi connectivity index (χ1n) is 8.51. The van der Waals surface area contributed by atoms with E-state index in [4.69, 9.17) is 9.15 Å². The lowest BCUT2D eigenvalue weighted by Crippen LogP contribution is -2.42. The summed E-state index contributed by atoms with van der Waals surface area (Å²) in [5, 5.41) is 0. The van der Waals surface area contributed by atoms with Gasteiger partial charge in [-0.3, -0.25) is 4.79 Å². The van der Waals surface area contributed by atoms with Gasteiger partial charge in [0.05, 0.1) is 12.2 Å². The third-order valence-electron chi connectivity index (χ3n) is 4.91. The summed E-state index contributed by atoms with van der Waals surface area (Å²) < 4.78 is 11.6. The molecule has 2 fully saturated rings. The SMILES string of the molecule is Cc1nc2ccc(C(=O)N3CCC(OC4CCC4)CC3)cc2o1. The third kappa shape index (κ3) is 2.98. The molecular formula is C18H22N2O3. The van der Waals surface area contributed by atoms with Gasteiger partial charge in [0, 0.05) is 25.6 Å². The number of fused-ring (bicyclic) bond motifs is 1. The van der Waals surface area contributed by atoms with Crippen LogP contribution in [0.2, 0.25) is 0 Å². The Kier molecular flexibility index (Phi) is 3.81. The summed E-state index contributed by atoms with van der Waals surface area (Å²) in [6.45, 7) is 3.35. The van der Waals surface area contributed by atoms with Crippen LogP contribution in [0.25, 0.3) is 11.1 Å². The lowest BCUT2D eigenvalue weighted by atomic mass is 9.95. The van der Waals surface area contributed by atoms with Crippen LogP contribution in [0.15, 0.2) is 22.6 Å². The van der Waals surface area contributed by atoms with E-state index in [9.17, 15) is 4.79 Å². The number of ether oxygens (including phenoxy) is 1. The quantitative estimate of drug-likeness (QED) is 0.872. The first-order valence-corrected chi connectivity index (χ1v) is 8.51. The minimum atomic E-state index is 0.0723. The molecule has 5 heteroatoms. The molecule has 2 aliphatic rings. The van der Waals surface area contributed by atoms with Crippen LogP contribution in [0.4, 0.5) is 0 Å². The van der Waals surface area contributed by atoms with Crippen molar-refractivity contribution in [2.45, 2.75) is 51.2 Å². The number of hydrogen-bond acceptors (Lipinski definition) is 4. The van der Waals surface area contributed by atoms with E-state index in [1.54, 1.807) is 6.07 Å². The zero-order valence-electron chi connectivity index (χ0n) is 13.5. The van der Waals surface area contributed by atoms with Crippen LogP contribution < -0.4 is 0 Å². The maximum absolute atomic E-state index is 12.7. The number of carbonyl (C=O) groups excluding carboxylic acids is 1. The highest BCUT2D eigenvalue weighted by atomic mass is 16.5. The molecule has 1 aliphatic heterocycles. The van der Waals surface area contributed by atoms with Crippen LogP contribution in [-0.2, 0) is 4.74 Å². The molecule has 0 bridgehead atoms. The number of oxazole rings is 1. The molecule has 0 radical (unpaired) electrons. The van der Waals surface area contributed by atoms with Crippen molar-refractivity contribution in [2.75, 3.05) is 13.1 Å². The highest BCUT2D eigenvalue weighted by Crippen LogP contribution is 2.27. The maximum atomic E-state index is 12.7. The number of nitrogens with zero attached hydrogens (tertiary/aromatic N) is 2. The fourth-order valence-electron chi connectivity index (χ4n) is 3.33. The molecule has 0 spiro atoms. The minimum absolute atomic E-state index is 0.0723. The van der Waals surface area contributed by atoms with Gasteiger partial charge in [-0.2, -0.15) is 0 Å². The molecule has 23 heavy (non-hydrogen) atoms. The van der Waals surface area contributed by atoms with Crippen molar-refractivity contribution in [2.24, 2.45) is 0 Å². The number of likely N-dealkylation sites (tertiary alicyclic amines) is 1. The second-order valence-corrected chi connectivity index (χ2v) is 6.60. The second-order valence-electron chi connectivity index (χ2n) is 6.60. The third-order valence-corrected chi connectivity index (χ3v) is 4.91. The Morgan fingerprint density at radius 2 is 1.96 bits per heavy atom. The number of carbonyl (C=O) groups is 1. The van der Waals surface area contributed by atoms with Gasteiger partial charge >= 0.3 is 0 Å². The van der Waals surface area contributed by atoms with Gasteiger partial charge in [-0.05, 0) is 50.3 Å². The predicted octanol–water partition coefficient (Wildman–Crippen LogP) is 3.31. The Balaban J connectivity index is 1.40. The van der Waals surface area contributed by atoms with Crippen LogP contribution in [0.1, 0.15) is 48.4 Å². The highest BCUT2D eigenvalue weighted by molar-refractivity contribution is 5.97. The Labute approximate surface area is 135 Å². The Hall–Kier alpha value is -1.88. The molecule has 2 aromatic rings. The molecule has 0 N–H and O–H groups in total. The summed E-state index contributed by atoms with van der Waals surface area (Å²) >= 11 is 0. The molecule has 1 aromatic carbocycles. The summed E-state index contributed by atoms with van der Waals surface area (Å²) in [7, 11) is 0. The number of benzene rings is 1. The van der Waals surface area contributed by atoms with E-state index in [0.717, 1.165) is 31.4 Å². The van der Waals surface area contributed by atoms with Gasteiger partial charge in [-0.1, -0.05) is 0 Å². The molecule has 5 nitrogen and oxygen atoms in total. The van der Waals surface area contributed by atoms with Crippen molar-refractivity contribution >= 4 is 17.0 Å². The highest BCUT2D eigenvalue weighted by Gasteiger charge is 2.28. The van der Waals surface area contributed by atoms with E-state index in [0.29, 0.717) is 29.2 Å². The Bertz CT molecular complexity index is 712. The molecule has 0 atom stereocenters. The normalized spacial score (nSPS) is 20.0. The number of piperidine rings is 1. The van der Waals surface area contributed by atoms with Gasteiger partial charge in [0.1, 0.15) is 5.52 Å². The van der Waals surface area contributed by atoms with E-state index in [1.165, 1.54) is 19.3 Å². The van der Waals surface area contributed by atoms with E-state index >= 15 is 0 Å². The number of aryl methyl sites for hydroxylation is 1. The van der Waals surface area contributed by atoms with Crippen molar-refractivity contribution in [1.82, 2.24) is 9.88 Å². The van der Waals surface area contributed by atoms with Crippen molar-refractivity contribution in [3.05, 3.63) is 29.7 Å². The van der Waals surface area contributed by atoms with Gasteiger partial charge in [0.15, 0.2) is 11.5 Å². The second kappa shape index (κ2) is 5.96. The minimum Gasteiger partial charge on any atom is -0.441 e. The molecule has 122 valence electrons. The van der Waals surface area contributed by atoms with Gasteiger partial charge < -0.3 is 14.1 Å². The molecule has 4 rings (SSSR count). The van der Waals surface area contributed by atoms with Crippen molar-refractivity contribution in [1.29, 1.82) is 0 Å². The standard InChI is InChI=1S/C18H22N2O3/c1-12-19-16-6-5-13(11-17(16)22-12)18(21)20-9-7-15(8-10-20)23-14-3-2-4-14/h5-6,11,14-15H,2-4,7-10H2,1H3. The Morgan fingerprint density at radius 3 is 2.65 bits per heavy atom. The first kappa shape index (κ1) is 14.7. The number of hydrogen-bond donors (Lipinski definition) is 0. The average molecular weight is 314 g/mol. The van der Waals surface area contributed by atoms with Crippen LogP contribution in [0.3, 0.4) is 0 Å². The van der Waals surface area contributed by atoms with Crippen LogP contribution in [0.5, 0.6) is 0 Å². The average Bonchev–Trinajstić information content (AvgIpc) is 2.90. The topological polar surface area (TPSA) is 55.6 Å². The van der Waals surface area contributed by atoms with Crippen LogP contribution in [-0.4, -0.2) is 41.1 Å². The smallest absolute Gasteiger partial charge is 0.253 e. The molecular weight excluding hydrogens is 292 g/mol. The predicted molar refractivity (Wildman–Crippen MR) is 86.4 cm³/mol. The van der Waals surface area contributed by atoms with E-state index in [2.05, 4.69) is 4.98 Å². The summed E-state index contributed by atoms with van der Waals surface area (Å²) in [6.07, 6.45) is 6.37. The van der Waals surface area contributed by atoms with Crippen LogP contribution in [0, 0.1) is 6.92 Å². The van der Waals surface area contributed by atoms with Crippen molar-refractivity contribution < 1.29 is 13.9 Å². The number of amides is 1. The van der Waals surface area contributed by atoms with E-state index < -0.39 is 0 Å². The van der Waals surface area contributed by atoms with Gasteiger partial charge in [0.2, 0.25) is 0 Å². The fraction of sp³-hybridized carbons (Fsp3) is 0.556.